The first-order valence-corrected chi connectivity index (χ1v) is 8.94. The van der Waals surface area contributed by atoms with Crippen molar-refractivity contribution in [1.82, 2.24) is 9.88 Å². The van der Waals surface area contributed by atoms with Gasteiger partial charge in [0.2, 0.25) is 0 Å². The van der Waals surface area contributed by atoms with Gasteiger partial charge in [-0.05, 0) is 58.8 Å². The summed E-state index contributed by atoms with van der Waals surface area (Å²) in [5, 5.41) is -0.304. The minimum absolute atomic E-state index is 0.0963. The SMILES string of the molecule is CC(C)(C)N1CCC(S(=O)(=O)c2ccc(CN)nc2)CC1. The van der Waals surface area contributed by atoms with Crippen molar-refractivity contribution in [2.75, 3.05) is 13.1 Å². The Labute approximate surface area is 127 Å². The van der Waals surface area contributed by atoms with Gasteiger partial charge in [0.15, 0.2) is 9.84 Å². The lowest BCUT2D eigenvalue weighted by Crippen LogP contribution is -2.48. The Morgan fingerprint density at radius 2 is 1.90 bits per heavy atom. The second kappa shape index (κ2) is 6.02. The molecule has 118 valence electrons. The first-order chi connectivity index (χ1) is 9.75. The lowest BCUT2D eigenvalue weighted by atomic mass is 10.0. The molecule has 21 heavy (non-hydrogen) atoms. The number of likely N-dealkylation sites (tertiary alicyclic amines) is 1. The summed E-state index contributed by atoms with van der Waals surface area (Å²) in [6.07, 6.45) is 2.80. The first-order valence-electron chi connectivity index (χ1n) is 7.39. The van der Waals surface area contributed by atoms with E-state index in [9.17, 15) is 8.42 Å². The number of piperidine rings is 1. The predicted octanol–water partition coefficient (Wildman–Crippen LogP) is 1.58. The summed E-state index contributed by atoms with van der Waals surface area (Å²) in [5.41, 5.74) is 6.29. The van der Waals surface area contributed by atoms with Gasteiger partial charge in [0.1, 0.15) is 0 Å². The third kappa shape index (κ3) is 3.62. The molecule has 0 saturated carbocycles. The largest absolute Gasteiger partial charge is 0.325 e. The van der Waals surface area contributed by atoms with E-state index in [1.807, 2.05) is 0 Å². The molecule has 2 rings (SSSR count). The van der Waals surface area contributed by atoms with E-state index in [0.29, 0.717) is 30.0 Å². The highest BCUT2D eigenvalue weighted by molar-refractivity contribution is 7.92. The van der Waals surface area contributed by atoms with E-state index in [1.165, 1.54) is 6.20 Å². The van der Waals surface area contributed by atoms with Crippen molar-refractivity contribution in [3.8, 4) is 0 Å². The molecule has 1 aliphatic rings. The van der Waals surface area contributed by atoms with E-state index >= 15 is 0 Å². The average molecular weight is 311 g/mol. The molecule has 2 heterocycles. The smallest absolute Gasteiger partial charge is 0.182 e. The number of rotatable bonds is 3. The fourth-order valence-electron chi connectivity index (χ4n) is 2.73. The van der Waals surface area contributed by atoms with Crippen molar-refractivity contribution in [3.63, 3.8) is 0 Å². The molecule has 1 fully saturated rings. The Hall–Kier alpha value is -0.980. The molecule has 0 amide bonds. The number of hydrogen-bond donors (Lipinski definition) is 1. The van der Waals surface area contributed by atoms with Gasteiger partial charge in [0, 0.05) is 18.3 Å². The van der Waals surface area contributed by atoms with Crippen LogP contribution in [0.15, 0.2) is 23.2 Å². The minimum atomic E-state index is -3.29. The maximum atomic E-state index is 12.7. The molecule has 0 radical (unpaired) electrons. The Kier molecular flexibility index (Phi) is 4.70. The van der Waals surface area contributed by atoms with Crippen LogP contribution in [-0.4, -0.2) is 42.2 Å². The second-order valence-electron chi connectivity index (χ2n) is 6.59. The fourth-order valence-corrected chi connectivity index (χ4v) is 4.40. The standard InChI is InChI=1S/C15H25N3O2S/c1-15(2,3)18-8-6-13(7-9-18)21(19,20)14-5-4-12(10-16)17-11-14/h4-5,11,13H,6-10,16H2,1-3H3. The van der Waals surface area contributed by atoms with Crippen LogP contribution in [0.25, 0.3) is 0 Å². The molecule has 0 spiro atoms. The molecule has 0 unspecified atom stereocenters. The molecule has 1 aliphatic heterocycles. The van der Waals surface area contributed by atoms with Crippen LogP contribution in [0.2, 0.25) is 0 Å². The zero-order valence-electron chi connectivity index (χ0n) is 13.0. The molecular formula is C15H25N3O2S. The van der Waals surface area contributed by atoms with Crippen molar-refractivity contribution in [2.24, 2.45) is 5.73 Å². The van der Waals surface area contributed by atoms with E-state index in [-0.39, 0.29) is 10.8 Å². The highest BCUT2D eigenvalue weighted by atomic mass is 32.2. The average Bonchev–Trinajstić information content (AvgIpc) is 2.46. The Morgan fingerprint density at radius 3 is 2.33 bits per heavy atom. The third-order valence-corrected chi connectivity index (χ3v) is 6.41. The zero-order valence-corrected chi connectivity index (χ0v) is 13.9. The highest BCUT2D eigenvalue weighted by Gasteiger charge is 2.34. The van der Waals surface area contributed by atoms with Gasteiger partial charge >= 0.3 is 0 Å². The maximum absolute atomic E-state index is 12.7. The van der Waals surface area contributed by atoms with E-state index < -0.39 is 9.84 Å². The van der Waals surface area contributed by atoms with Crippen LogP contribution < -0.4 is 5.73 Å². The van der Waals surface area contributed by atoms with Gasteiger partial charge in [0.05, 0.1) is 15.8 Å². The molecule has 1 aromatic rings. The molecule has 0 aliphatic carbocycles. The molecule has 6 heteroatoms. The van der Waals surface area contributed by atoms with Crippen molar-refractivity contribution in [2.45, 2.75) is 55.8 Å². The van der Waals surface area contributed by atoms with Gasteiger partial charge in [-0.1, -0.05) is 0 Å². The van der Waals surface area contributed by atoms with Crippen molar-refractivity contribution >= 4 is 9.84 Å². The van der Waals surface area contributed by atoms with Crippen LogP contribution in [0.1, 0.15) is 39.3 Å². The lowest BCUT2D eigenvalue weighted by molar-refractivity contribution is 0.112. The van der Waals surface area contributed by atoms with Crippen LogP contribution in [0.5, 0.6) is 0 Å². The summed E-state index contributed by atoms with van der Waals surface area (Å²) in [7, 11) is -3.29. The van der Waals surface area contributed by atoms with E-state index in [2.05, 4.69) is 30.7 Å². The number of pyridine rings is 1. The molecule has 0 atom stereocenters. The summed E-state index contributed by atoms with van der Waals surface area (Å²) in [6.45, 7) is 8.46. The molecule has 0 aromatic carbocycles. The Morgan fingerprint density at radius 1 is 1.29 bits per heavy atom. The normalized spacial score (nSPS) is 18.9. The third-order valence-electron chi connectivity index (χ3n) is 4.16. The molecule has 1 saturated heterocycles. The van der Waals surface area contributed by atoms with E-state index in [0.717, 1.165) is 13.1 Å². The first kappa shape index (κ1) is 16.4. The van der Waals surface area contributed by atoms with Crippen molar-refractivity contribution < 1.29 is 8.42 Å². The molecule has 1 aromatic heterocycles. The van der Waals surface area contributed by atoms with Gasteiger partial charge in [-0.2, -0.15) is 0 Å². The van der Waals surface area contributed by atoms with E-state index in [1.54, 1.807) is 12.1 Å². The van der Waals surface area contributed by atoms with Gasteiger partial charge in [0.25, 0.3) is 0 Å². The zero-order chi connectivity index (χ0) is 15.7. The monoisotopic (exact) mass is 311 g/mol. The summed E-state index contributed by atoms with van der Waals surface area (Å²) < 4.78 is 25.3. The van der Waals surface area contributed by atoms with Crippen LogP contribution in [0.3, 0.4) is 0 Å². The van der Waals surface area contributed by atoms with Gasteiger partial charge in [-0.3, -0.25) is 9.88 Å². The lowest BCUT2D eigenvalue weighted by Gasteiger charge is -2.40. The maximum Gasteiger partial charge on any atom is 0.182 e. The van der Waals surface area contributed by atoms with E-state index in [4.69, 9.17) is 5.73 Å². The van der Waals surface area contributed by atoms with Crippen LogP contribution >= 0.6 is 0 Å². The molecular weight excluding hydrogens is 286 g/mol. The summed E-state index contributed by atoms with van der Waals surface area (Å²) in [6, 6.07) is 3.32. The number of nitrogens with zero attached hydrogens (tertiary/aromatic N) is 2. The summed E-state index contributed by atoms with van der Waals surface area (Å²) >= 11 is 0. The quantitative estimate of drug-likeness (QED) is 0.917. The van der Waals surface area contributed by atoms with Crippen molar-refractivity contribution in [3.05, 3.63) is 24.0 Å². The summed E-state index contributed by atoms with van der Waals surface area (Å²) in [4.78, 5) is 6.75. The van der Waals surface area contributed by atoms with Gasteiger partial charge < -0.3 is 5.73 Å². The number of nitrogens with two attached hydrogens (primary N) is 1. The second-order valence-corrected chi connectivity index (χ2v) is 8.82. The number of sulfone groups is 1. The Balaban J connectivity index is 2.11. The number of aromatic nitrogens is 1. The fraction of sp³-hybridized carbons (Fsp3) is 0.667. The van der Waals surface area contributed by atoms with Gasteiger partial charge in [-0.25, -0.2) is 8.42 Å². The van der Waals surface area contributed by atoms with Gasteiger partial charge in [-0.15, -0.1) is 0 Å². The predicted molar refractivity (Wildman–Crippen MR) is 83.7 cm³/mol. The Bertz CT molecular complexity index is 568. The molecule has 2 N–H and O–H groups in total. The van der Waals surface area contributed by atoms with Crippen molar-refractivity contribution in [1.29, 1.82) is 0 Å². The van der Waals surface area contributed by atoms with Crippen LogP contribution in [0.4, 0.5) is 0 Å². The highest BCUT2D eigenvalue weighted by Crippen LogP contribution is 2.27. The minimum Gasteiger partial charge on any atom is -0.325 e. The topological polar surface area (TPSA) is 76.3 Å². The number of hydrogen-bond acceptors (Lipinski definition) is 5. The molecule has 5 nitrogen and oxygen atoms in total. The summed E-state index contributed by atoms with van der Waals surface area (Å²) in [5.74, 6) is 0. The van der Waals surface area contributed by atoms with Crippen LogP contribution in [0, 0.1) is 0 Å². The molecule has 0 bridgehead atoms. The van der Waals surface area contributed by atoms with Crippen LogP contribution in [-0.2, 0) is 16.4 Å².